The summed E-state index contributed by atoms with van der Waals surface area (Å²) in [5.41, 5.74) is 1.67. The van der Waals surface area contributed by atoms with Gasteiger partial charge in [-0.05, 0) is 19.8 Å². The summed E-state index contributed by atoms with van der Waals surface area (Å²) in [6, 6.07) is 0. The van der Waals surface area contributed by atoms with Crippen LogP contribution in [-0.4, -0.2) is 50.5 Å². The number of thiazole rings is 1. The SMILES string of the molecule is Cc1nc2sccn2c1-c1noc([C@@H]2CC[C@H](C(=O)N(C)C)O2)n1. The Labute approximate surface area is 142 Å². The van der Waals surface area contributed by atoms with Crippen LogP contribution in [0, 0.1) is 6.92 Å². The van der Waals surface area contributed by atoms with E-state index in [9.17, 15) is 4.79 Å². The topological polar surface area (TPSA) is 85.8 Å². The molecule has 0 bridgehead atoms. The molecule has 8 nitrogen and oxygen atoms in total. The van der Waals surface area contributed by atoms with Gasteiger partial charge in [0, 0.05) is 25.7 Å². The van der Waals surface area contributed by atoms with Crippen LogP contribution in [0.1, 0.15) is 30.5 Å². The highest BCUT2D eigenvalue weighted by molar-refractivity contribution is 7.15. The standard InChI is InChI=1S/C15H17N5O3S/c1-8-11(20-6-7-24-15(20)16-8)12-17-13(23-18-12)9-4-5-10(22-9)14(21)19(2)3/h6-7,9-10H,4-5H2,1-3H3/t9-,10+/m0/s1. The van der Waals surface area contributed by atoms with Crippen molar-refractivity contribution in [1.82, 2.24) is 24.4 Å². The summed E-state index contributed by atoms with van der Waals surface area (Å²) in [5.74, 6) is 0.854. The molecule has 1 aliphatic heterocycles. The number of imidazole rings is 1. The van der Waals surface area contributed by atoms with E-state index in [0.717, 1.165) is 16.3 Å². The van der Waals surface area contributed by atoms with Crippen LogP contribution >= 0.6 is 11.3 Å². The summed E-state index contributed by atoms with van der Waals surface area (Å²) < 4.78 is 13.1. The van der Waals surface area contributed by atoms with Crippen LogP contribution in [0.5, 0.6) is 0 Å². The van der Waals surface area contributed by atoms with Gasteiger partial charge >= 0.3 is 0 Å². The number of likely N-dealkylation sites (N-methyl/N-ethyl adjacent to an activating group) is 1. The van der Waals surface area contributed by atoms with Gasteiger partial charge in [-0.25, -0.2) is 4.98 Å². The Balaban J connectivity index is 1.59. The van der Waals surface area contributed by atoms with E-state index in [-0.39, 0.29) is 12.0 Å². The van der Waals surface area contributed by atoms with Crippen LogP contribution in [-0.2, 0) is 9.53 Å². The second kappa shape index (κ2) is 5.67. The Morgan fingerprint density at radius 2 is 2.21 bits per heavy atom. The Morgan fingerprint density at radius 3 is 3.00 bits per heavy atom. The summed E-state index contributed by atoms with van der Waals surface area (Å²) in [4.78, 5) is 23.4. The Kier molecular flexibility index (Phi) is 3.61. The van der Waals surface area contributed by atoms with Crippen molar-refractivity contribution in [2.75, 3.05) is 14.1 Å². The quantitative estimate of drug-likeness (QED) is 0.721. The second-order valence-electron chi connectivity index (χ2n) is 5.98. The zero-order chi connectivity index (χ0) is 16.8. The lowest BCUT2D eigenvalue weighted by molar-refractivity contribution is -0.140. The van der Waals surface area contributed by atoms with E-state index in [4.69, 9.17) is 9.26 Å². The predicted octanol–water partition coefficient (Wildman–Crippen LogP) is 2.06. The number of nitrogens with zero attached hydrogens (tertiary/aromatic N) is 5. The first kappa shape index (κ1) is 15.3. The molecule has 1 amide bonds. The molecule has 126 valence electrons. The molecule has 3 aromatic rings. The number of fused-ring (bicyclic) bond motifs is 1. The summed E-state index contributed by atoms with van der Waals surface area (Å²) in [7, 11) is 3.44. The Morgan fingerprint density at radius 1 is 1.38 bits per heavy atom. The molecule has 1 saturated heterocycles. The van der Waals surface area contributed by atoms with Crippen LogP contribution in [0.3, 0.4) is 0 Å². The molecule has 0 radical (unpaired) electrons. The molecule has 4 heterocycles. The fourth-order valence-corrected chi connectivity index (χ4v) is 3.67. The maximum absolute atomic E-state index is 12.0. The number of hydrogen-bond donors (Lipinski definition) is 0. The lowest BCUT2D eigenvalue weighted by Crippen LogP contribution is -2.33. The third kappa shape index (κ3) is 2.40. The van der Waals surface area contributed by atoms with Crippen LogP contribution in [0.2, 0.25) is 0 Å². The number of rotatable bonds is 3. The van der Waals surface area contributed by atoms with Crippen LogP contribution in [0.25, 0.3) is 16.5 Å². The lowest BCUT2D eigenvalue weighted by Gasteiger charge is -2.15. The van der Waals surface area contributed by atoms with Crippen molar-refractivity contribution in [3.63, 3.8) is 0 Å². The van der Waals surface area contributed by atoms with Gasteiger partial charge in [-0.2, -0.15) is 4.98 Å². The molecule has 0 saturated carbocycles. The average Bonchev–Trinajstić information content (AvgIpc) is 3.28. The largest absolute Gasteiger partial charge is 0.355 e. The molecule has 24 heavy (non-hydrogen) atoms. The smallest absolute Gasteiger partial charge is 0.256 e. The normalized spacial score (nSPS) is 20.8. The average molecular weight is 347 g/mol. The highest BCUT2D eigenvalue weighted by Gasteiger charge is 2.35. The maximum atomic E-state index is 12.0. The molecule has 0 unspecified atom stereocenters. The Bertz CT molecular complexity index is 896. The van der Waals surface area contributed by atoms with Gasteiger partial charge in [-0.3, -0.25) is 9.20 Å². The fourth-order valence-electron chi connectivity index (χ4n) is 2.91. The van der Waals surface area contributed by atoms with Gasteiger partial charge in [0.2, 0.25) is 5.82 Å². The van der Waals surface area contributed by atoms with Gasteiger partial charge in [0.15, 0.2) is 4.96 Å². The number of aromatic nitrogens is 4. The molecule has 0 aliphatic carbocycles. The van der Waals surface area contributed by atoms with Gasteiger partial charge in [0.25, 0.3) is 11.8 Å². The highest BCUT2D eigenvalue weighted by Crippen LogP contribution is 2.34. The predicted molar refractivity (Wildman–Crippen MR) is 86.6 cm³/mol. The van der Waals surface area contributed by atoms with Crippen molar-refractivity contribution >= 4 is 22.2 Å². The summed E-state index contributed by atoms with van der Waals surface area (Å²) in [6.07, 6.45) is 2.49. The number of carbonyl (C=O) groups excluding carboxylic acids is 1. The van der Waals surface area contributed by atoms with E-state index in [1.54, 1.807) is 25.4 Å². The fraction of sp³-hybridized carbons (Fsp3) is 0.467. The zero-order valence-electron chi connectivity index (χ0n) is 13.6. The molecule has 0 N–H and O–H groups in total. The van der Waals surface area contributed by atoms with E-state index in [1.165, 1.54) is 4.90 Å². The van der Waals surface area contributed by atoms with Crippen molar-refractivity contribution in [2.45, 2.75) is 32.0 Å². The van der Waals surface area contributed by atoms with Crippen molar-refractivity contribution in [3.8, 4) is 11.5 Å². The molecule has 1 fully saturated rings. The minimum Gasteiger partial charge on any atom is -0.355 e. The molecule has 3 aromatic heterocycles. The zero-order valence-corrected chi connectivity index (χ0v) is 14.4. The number of aryl methyl sites for hydroxylation is 1. The van der Waals surface area contributed by atoms with Gasteiger partial charge in [0.05, 0.1) is 5.69 Å². The van der Waals surface area contributed by atoms with Gasteiger partial charge in [-0.15, -0.1) is 11.3 Å². The third-order valence-corrected chi connectivity index (χ3v) is 4.86. The van der Waals surface area contributed by atoms with E-state index in [2.05, 4.69) is 15.1 Å². The molecule has 2 atom stereocenters. The first-order valence-electron chi connectivity index (χ1n) is 7.67. The van der Waals surface area contributed by atoms with Gasteiger partial charge in [-0.1, -0.05) is 5.16 Å². The minimum absolute atomic E-state index is 0.0381. The molecule has 9 heteroatoms. The van der Waals surface area contributed by atoms with E-state index < -0.39 is 6.10 Å². The summed E-state index contributed by atoms with van der Waals surface area (Å²) in [6.45, 7) is 1.92. The summed E-state index contributed by atoms with van der Waals surface area (Å²) in [5, 5.41) is 6.04. The van der Waals surface area contributed by atoms with Crippen LogP contribution in [0.4, 0.5) is 0 Å². The van der Waals surface area contributed by atoms with Crippen molar-refractivity contribution in [2.24, 2.45) is 0 Å². The van der Waals surface area contributed by atoms with E-state index in [1.807, 2.05) is 22.9 Å². The first-order valence-corrected chi connectivity index (χ1v) is 8.55. The van der Waals surface area contributed by atoms with Crippen molar-refractivity contribution < 1.29 is 14.1 Å². The van der Waals surface area contributed by atoms with Gasteiger partial charge in [0.1, 0.15) is 17.9 Å². The Hall–Kier alpha value is -2.26. The lowest BCUT2D eigenvalue weighted by atomic mass is 10.2. The number of carbonyl (C=O) groups is 1. The number of amides is 1. The molecular formula is C15H17N5O3S. The molecule has 4 rings (SSSR count). The molecular weight excluding hydrogens is 330 g/mol. The second-order valence-corrected chi connectivity index (χ2v) is 6.85. The van der Waals surface area contributed by atoms with E-state index in [0.29, 0.717) is 24.6 Å². The third-order valence-electron chi connectivity index (χ3n) is 4.10. The molecule has 0 spiro atoms. The summed E-state index contributed by atoms with van der Waals surface area (Å²) >= 11 is 1.55. The van der Waals surface area contributed by atoms with Crippen LogP contribution in [0.15, 0.2) is 16.1 Å². The minimum atomic E-state index is -0.444. The number of hydrogen-bond acceptors (Lipinski definition) is 7. The van der Waals surface area contributed by atoms with Crippen molar-refractivity contribution in [1.29, 1.82) is 0 Å². The number of ether oxygens (including phenoxy) is 1. The maximum Gasteiger partial charge on any atom is 0.256 e. The highest BCUT2D eigenvalue weighted by atomic mass is 32.1. The molecule has 1 aliphatic rings. The van der Waals surface area contributed by atoms with E-state index >= 15 is 0 Å². The monoisotopic (exact) mass is 347 g/mol. The molecule has 0 aromatic carbocycles. The van der Waals surface area contributed by atoms with Crippen molar-refractivity contribution in [3.05, 3.63) is 23.2 Å². The first-order chi connectivity index (χ1) is 11.5. The van der Waals surface area contributed by atoms with Gasteiger partial charge < -0.3 is 14.2 Å². The van der Waals surface area contributed by atoms with Crippen LogP contribution < -0.4 is 0 Å².